The quantitative estimate of drug-likeness (QED) is 0.348. The molecule has 0 saturated carbocycles. The maximum absolute atomic E-state index is 4.06. The van der Waals surface area contributed by atoms with Gasteiger partial charge in [-0.1, -0.05) is 19.7 Å². The molecule has 1 nitrogen and oxygen atoms in total. The van der Waals surface area contributed by atoms with Crippen LogP contribution in [0.25, 0.3) is 0 Å². The molecule has 0 aliphatic rings. The number of nitrogens with one attached hydrogen (secondary N) is 1. The van der Waals surface area contributed by atoms with Crippen LogP contribution in [-0.2, 0) is 0 Å². The van der Waals surface area contributed by atoms with Gasteiger partial charge in [0, 0.05) is 0 Å². The van der Waals surface area contributed by atoms with Gasteiger partial charge in [0.2, 0.25) is 0 Å². The molecule has 4 heteroatoms. The summed E-state index contributed by atoms with van der Waals surface area (Å²) in [5.41, 5.74) is 0. The zero-order chi connectivity index (χ0) is 5.91. The van der Waals surface area contributed by atoms with Gasteiger partial charge in [-0.2, -0.15) is 0 Å². The lowest BCUT2D eigenvalue weighted by Crippen LogP contribution is -2.24. The first-order valence-electron chi connectivity index (χ1n) is 1.98. The van der Waals surface area contributed by atoms with Gasteiger partial charge in [-0.3, -0.25) is 0 Å². The van der Waals surface area contributed by atoms with Crippen LogP contribution >= 0.6 is 38.1 Å². The van der Waals surface area contributed by atoms with E-state index in [9.17, 15) is 0 Å². The van der Waals surface area contributed by atoms with Crippen LogP contribution < -0.4 is 4.72 Å². The Bertz CT molecular complexity index is 48.1. The molecular weight excluding hydrogens is 146 g/mol. The summed E-state index contributed by atoms with van der Waals surface area (Å²) >= 11 is 11.9. The van der Waals surface area contributed by atoms with Gasteiger partial charge in [-0.15, -0.1) is 25.3 Å². The zero-order valence-corrected chi connectivity index (χ0v) is 6.73. The SMILES string of the molecule is CCC(S)(S)NS. The fourth-order valence-electron chi connectivity index (χ4n) is 0.0791. The largest absolute Gasteiger partial charge is 0.243 e. The normalized spacial score (nSPS) is 12.0. The van der Waals surface area contributed by atoms with Crippen LogP contribution in [0.2, 0.25) is 0 Å². The number of rotatable bonds is 2. The van der Waals surface area contributed by atoms with Gasteiger partial charge in [0.05, 0.1) is 0 Å². The first-order chi connectivity index (χ1) is 3.12. The summed E-state index contributed by atoms with van der Waals surface area (Å²) in [4.78, 5) is 0. The fraction of sp³-hybridized carbons (Fsp3) is 1.00. The van der Waals surface area contributed by atoms with Crippen molar-refractivity contribution < 1.29 is 0 Å². The Morgan fingerprint density at radius 1 is 1.57 bits per heavy atom. The van der Waals surface area contributed by atoms with E-state index in [1.165, 1.54) is 0 Å². The fourth-order valence-corrected chi connectivity index (χ4v) is 0.237. The van der Waals surface area contributed by atoms with E-state index in [0.717, 1.165) is 6.42 Å². The van der Waals surface area contributed by atoms with E-state index in [0.29, 0.717) is 0 Å². The molecule has 0 rings (SSSR count). The van der Waals surface area contributed by atoms with Crippen molar-refractivity contribution in [2.75, 3.05) is 0 Å². The van der Waals surface area contributed by atoms with Gasteiger partial charge < -0.3 is 0 Å². The topological polar surface area (TPSA) is 12.0 Å². The van der Waals surface area contributed by atoms with Gasteiger partial charge in [-0.25, -0.2) is 4.72 Å². The van der Waals surface area contributed by atoms with E-state index < -0.39 is 4.20 Å². The molecule has 0 bridgehead atoms. The summed E-state index contributed by atoms with van der Waals surface area (Å²) in [5.74, 6) is 0. The van der Waals surface area contributed by atoms with Crippen molar-refractivity contribution in [3.05, 3.63) is 0 Å². The van der Waals surface area contributed by atoms with Crippen LogP contribution in [0, 0.1) is 0 Å². The molecule has 0 spiro atoms. The Morgan fingerprint density at radius 2 is 2.00 bits per heavy atom. The van der Waals surface area contributed by atoms with Gasteiger partial charge in [-0.05, 0) is 6.42 Å². The minimum atomic E-state index is -0.414. The van der Waals surface area contributed by atoms with Crippen molar-refractivity contribution in [2.24, 2.45) is 0 Å². The third kappa shape index (κ3) is 3.58. The van der Waals surface area contributed by atoms with E-state index in [1.807, 2.05) is 6.92 Å². The molecule has 0 unspecified atom stereocenters. The Balaban J connectivity index is 3.36. The summed E-state index contributed by atoms with van der Waals surface area (Å²) < 4.78 is 2.20. The van der Waals surface area contributed by atoms with Crippen molar-refractivity contribution in [3.8, 4) is 0 Å². The number of thiol groups is 3. The highest BCUT2D eigenvalue weighted by Crippen LogP contribution is 2.19. The van der Waals surface area contributed by atoms with E-state index in [4.69, 9.17) is 0 Å². The molecule has 0 saturated heterocycles. The lowest BCUT2D eigenvalue weighted by molar-refractivity contribution is 0.773. The lowest BCUT2D eigenvalue weighted by Gasteiger charge is -2.17. The van der Waals surface area contributed by atoms with Crippen LogP contribution in [0.4, 0.5) is 0 Å². The Kier molecular flexibility index (Phi) is 3.57. The Hall–Kier alpha value is 1.01. The van der Waals surface area contributed by atoms with Crippen molar-refractivity contribution in [2.45, 2.75) is 17.5 Å². The third-order valence-corrected chi connectivity index (χ3v) is 2.26. The molecule has 0 fully saturated rings. The minimum Gasteiger partial charge on any atom is -0.243 e. The number of hydrogen-bond donors (Lipinski definition) is 4. The molecule has 0 aliphatic carbocycles. The van der Waals surface area contributed by atoms with E-state index >= 15 is 0 Å². The van der Waals surface area contributed by atoms with E-state index in [2.05, 4.69) is 42.8 Å². The van der Waals surface area contributed by atoms with Crippen molar-refractivity contribution in [3.63, 3.8) is 0 Å². The predicted octanol–water partition coefficient (Wildman–Crippen LogP) is 1.34. The molecule has 0 aromatic heterocycles. The van der Waals surface area contributed by atoms with Gasteiger partial charge in [0.15, 0.2) is 0 Å². The average Bonchev–Trinajstić information content (AvgIpc) is 1.68. The minimum absolute atomic E-state index is 0.414. The molecule has 0 atom stereocenters. The Labute approximate surface area is 60.6 Å². The van der Waals surface area contributed by atoms with E-state index in [-0.39, 0.29) is 0 Å². The highest BCUT2D eigenvalue weighted by molar-refractivity contribution is 8.01. The maximum atomic E-state index is 4.06. The van der Waals surface area contributed by atoms with Gasteiger partial charge >= 0.3 is 0 Å². The molecule has 0 aromatic carbocycles. The highest BCUT2D eigenvalue weighted by Gasteiger charge is 2.12. The molecule has 0 heterocycles. The van der Waals surface area contributed by atoms with E-state index in [1.54, 1.807) is 0 Å². The molecule has 0 radical (unpaired) electrons. The van der Waals surface area contributed by atoms with Crippen LogP contribution in [0.3, 0.4) is 0 Å². The first-order valence-corrected chi connectivity index (χ1v) is 3.32. The van der Waals surface area contributed by atoms with Crippen LogP contribution in [-0.4, -0.2) is 4.20 Å². The lowest BCUT2D eigenvalue weighted by atomic mass is 10.5. The summed E-state index contributed by atoms with van der Waals surface area (Å²) in [7, 11) is 0. The summed E-state index contributed by atoms with van der Waals surface area (Å²) in [6.07, 6.45) is 0.836. The number of hydrogen-bond acceptors (Lipinski definition) is 4. The summed E-state index contributed by atoms with van der Waals surface area (Å²) in [6, 6.07) is 0. The molecule has 7 heavy (non-hydrogen) atoms. The molecular formula is C3H9NS3. The van der Waals surface area contributed by atoms with Crippen LogP contribution in [0.5, 0.6) is 0 Å². The average molecular weight is 155 g/mol. The van der Waals surface area contributed by atoms with Gasteiger partial charge in [0.1, 0.15) is 4.20 Å². The Morgan fingerprint density at radius 3 is 2.00 bits per heavy atom. The van der Waals surface area contributed by atoms with Crippen molar-refractivity contribution >= 4 is 38.1 Å². The molecule has 0 aromatic rings. The highest BCUT2D eigenvalue weighted by atomic mass is 32.2. The smallest absolute Gasteiger partial charge is 0.114 e. The second-order valence-corrected chi connectivity index (χ2v) is 3.39. The van der Waals surface area contributed by atoms with Crippen LogP contribution in [0.15, 0.2) is 0 Å². The van der Waals surface area contributed by atoms with Crippen LogP contribution in [0.1, 0.15) is 13.3 Å². The van der Waals surface area contributed by atoms with Crippen molar-refractivity contribution in [1.29, 1.82) is 0 Å². The third-order valence-electron chi connectivity index (χ3n) is 0.672. The van der Waals surface area contributed by atoms with Gasteiger partial charge in [0.25, 0.3) is 0 Å². The molecule has 0 amide bonds. The summed E-state index contributed by atoms with van der Waals surface area (Å²) in [5, 5.41) is 0. The molecule has 44 valence electrons. The maximum Gasteiger partial charge on any atom is 0.114 e. The molecule has 0 aliphatic heterocycles. The predicted molar refractivity (Wildman–Crippen MR) is 43.1 cm³/mol. The monoisotopic (exact) mass is 155 g/mol. The molecule has 1 N–H and O–H groups in total. The standard InChI is InChI=1S/C3H9NS3/c1-2-3(5,6)4-7/h4-7H,2H2,1H3. The summed E-state index contributed by atoms with van der Waals surface area (Å²) in [6.45, 7) is 1.98. The second-order valence-electron chi connectivity index (χ2n) is 1.28. The van der Waals surface area contributed by atoms with Crippen molar-refractivity contribution in [1.82, 2.24) is 4.72 Å². The second kappa shape index (κ2) is 3.12. The first kappa shape index (κ1) is 8.01. The zero-order valence-electron chi connectivity index (χ0n) is 4.05.